The van der Waals surface area contributed by atoms with Crippen molar-refractivity contribution in [2.75, 3.05) is 31.5 Å². The van der Waals surface area contributed by atoms with E-state index in [1.165, 1.54) is 0 Å². The third kappa shape index (κ3) is 5.46. The van der Waals surface area contributed by atoms with Crippen LogP contribution in [0.5, 0.6) is 0 Å². The Kier molecular flexibility index (Phi) is 6.94. The summed E-state index contributed by atoms with van der Waals surface area (Å²) >= 11 is 0. The lowest BCUT2D eigenvalue weighted by Gasteiger charge is -2.13. The van der Waals surface area contributed by atoms with Gasteiger partial charge in [0.2, 0.25) is 10.0 Å². The van der Waals surface area contributed by atoms with Crippen LogP contribution < -0.4 is 15.4 Å². The Bertz CT molecular complexity index is 503. The maximum absolute atomic E-state index is 12.0. The van der Waals surface area contributed by atoms with Gasteiger partial charge in [0.1, 0.15) is 4.90 Å². The summed E-state index contributed by atoms with van der Waals surface area (Å²) in [6.45, 7) is 5.53. The van der Waals surface area contributed by atoms with E-state index < -0.39 is 16.1 Å². The molecule has 1 aromatic rings. The van der Waals surface area contributed by atoms with Gasteiger partial charge in [-0.1, -0.05) is 19.1 Å². The SMILES string of the molecule is CCNS(=O)(=O)c1ccccc1NCCNCC(C)O. The van der Waals surface area contributed by atoms with E-state index in [4.69, 9.17) is 5.11 Å². The fourth-order valence-corrected chi connectivity index (χ4v) is 2.93. The predicted octanol–water partition coefficient (Wildman–Crippen LogP) is 0.367. The van der Waals surface area contributed by atoms with Gasteiger partial charge in [0.25, 0.3) is 0 Å². The van der Waals surface area contributed by atoms with Crippen molar-refractivity contribution in [1.29, 1.82) is 0 Å². The first kappa shape index (κ1) is 16.9. The van der Waals surface area contributed by atoms with E-state index >= 15 is 0 Å². The largest absolute Gasteiger partial charge is 0.392 e. The van der Waals surface area contributed by atoms with Gasteiger partial charge in [-0.2, -0.15) is 0 Å². The van der Waals surface area contributed by atoms with Crippen LogP contribution in [0.25, 0.3) is 0 Å². The van der Waals surface area contributed by atoms with E-state index in [2.05, 4.69) is 15.4 Å². The molecule has 0 aliphatic carbocycles. The number of aliphatic hydroxyl groups is 1. The summed E-state index contributed by atoms with van der Waals surface area (Å²) in [7, 11) is -3.47. The number of nitrogens with one attached hydrogen (secondary N) is 3. The highest BCUT2D eigenvalue weighted by molar-refractivity contribution is 7.89. The van der Waals surface area contributed by atoms with E-state index in [-0.39, 0.29) is 4.90 Å². The zero-order valence-electron chi connectivity index (χ0n) is 11.9. The molecule has 1 rings (SSSR count). The van der Waals surface area contributed by atoms with Gasteiger partial charge in [-0.3, -0.25) is 0 Å². The Morgan fingerprint density at radius 1 is 1.25 bits per heavy atom. The molecular weight excluding hydrogens is 278 g/mol. The minimum Gasteiger partial charge on any atom is -0.392 e. The number of rotatable bonds is 9. The van der Waals surface area contributed by atoms with E-state index in [0.717, 1.165) is 0 Å². The van der Waals surface area contributed by atoms with Crippen LogP contribution >= 0.6 is 0 Å². The monoisotopic (exact) mass is 301 g/mol. The van der Waals surface area contributed by atoms with Crippen molar-refractivity contribution in [1.82, 2.24) is 10.0 Å². The van der Waals surface area contributed by atoms with E-state index in [1.807, 2.05) is 0 Å². The van der Waals surface area contributed by atoms with Crippen molar-refractivity contribution < 1.29 is 13.5 Å². The molecule has 0 aliphatic rings. The Morgan fingerprint density at radius 2 is 1.95 bits per heavy atom. The highest BCUT2D eigenvalue weighted by Gasteiger charge is 2.16. The van der Waals surface area contributed by atoms with Crippen LogP contribution in [0, 0.1) is 0 Å². The molecule has 1 unspecified atom stereocenters. The summed E-state index contributed by atoms with van der Waals surface area (Å²) in [6.07, 6.45) is -0.392. The number of anilines is 1. The number of benzene rings is 1. The van der Waals surface area contributed by atoms with Crippen molar-refractivity contribution in [2.45, 2.75) is 24.8 Å². The zero-order valence-corrected chi connectivity index (χ0v) is 12.7. The van der Waals surface area contributed by atoms with Crippen LogP contribution in [0.3, 0.4) is 0 Å². The molecule has 0 aromatic heterocycles. The third-order valence-electron chi connectivity index (χ3n) is 2.57. The first-order valence-electron chi connectivity index (χ1n) is 6.68. The van der Waals surface area contributed by atoms with Gasteiger partial charge < -0.3 is 15.7 Å². The molecule has 0 saturated carbocycles. The van der Waals surface area contributed by atoms with Crippen LogP contribution in [-0.2, 0) is 10.0 Å². The lowest BCUT2D eigenvalue weighted by atomic mass is 10.3. The molecule has 0 heterocycles. The fourth-order valence-electron chi connectivity index (χ4n) is 1.71. The molecular formula is C13H23N3O3S. The van der Waals surface area contributed by atoms with E-state index in [0.29, 0.717) is 31.9 Å². The molecule has 0 fully saturated rings. The van der Waals surface area contributed by atoms with E-state index in [9.17, 15) is 8.42 Å². The topological polar surface area (TPSA) is 90.5 Å². The number of aliphatic hydroxyl groups excluding tert-OH is 1. The second-order valence-corrected chi connectivity index (χ2v) is 6.21. The van der Waals surface area contributed by atoms with Crippen molar-refractivity contribution in [3.05, 3.63) is 24.3 Å². The van der Waals surface area contributed by atoms with Gasteiger partial charge in [0.05, 0.1) is 11.8 Å². The average Bonchev–Trinajstić information content (AvgIpc) is 2.38. The molecule has 0 radical (unpaired) electrons. The molecule has 0 spiro atoms. The summed E-state index contributed by atoms with van der Waals surface area (Å²) in [4.78, 5) is 0.248. The van der Waals surface area contributed by atoms with Crippen molar-refractivity contribution >= 4 is 15.7 Å². The molecule has 114 valence electrons. The average molecular weight is 301 g/mol. The predicted molar refractivity (Wildman–Crippen MR) is 80.3 cm³/mol. The normalized spacial score (nSPS) is 13.2. The maximum atomic E-state index is 12.0. The fraction of sp³-hybridized carbons (Fsp3) is 0.538. The first-order chi connectivity index (χ1) is 9.47. The number of sulfonamides is 1. The highest BCUT2D eigenvalue weighted by atomic mass is 32.2. The molecule has 0 bridgehead atoms. The number of hydrogen-bond acceptors (Lipinski definition) is 5. The molecule has 1 atom stereocenters. The number of para-hydroxylation sites is 1. The molecule has 6 nitrogen and oxygen atoms in total. The summed E-state index contributed by atoms with van der Waals surface area (Å²) in [5.41, 5.74) is 0.576. The second kappa shape index (κ2) is 8.21. The Balaban J connectivity index is 2.63. The first-order valence-corrected chi connectivity index (χ1v) is 8.17. The molecule has 1 aromatic carbocycles. The zero-order chi connectivity index (χ0) is 15.0. The molecule has 7 heteroatoms. The van der Waals surface area contributed by atoms with Gasteiger partial charge in [-0.15, -0.1) is 0 Å². The summed E-state index contributed by atoms with van der Waals surface area (Å²) in [6, 6.07) is 6.79. The Labute approximate surface area is 120 Å². The smallest absolute Gasteiger partial charge is 0.242 e. The van der Waals surface area contributed by atoms with Crippen LogP contribution in [0.4, 0.5) is 5.69 Å². The summed E-state index contributed by atoms with van der Waals surface area (Å²) < 4.78 is 26.5. The van der Waals surface area contributed by atoms with Crippen LogP contribution in [0.2, 0.25) is 0 Å². The van der Waals surface area contributed by atoms with Gasteiger partial charge in [-0.25, -0.2) is 13.1 Å². The highest BCUT2D eigenvalue weighted by Crippen LogP contribution is 2.19. The number of hydrogen-bond donors (Lipinski definition) is 4. The molecule has 20 heavy (non-hydrogen) atoms. The molecule has 4 N–H and O–H groups in total. The van der Waals surface area contributed by atoms with Crippen LogP contribution in [0.15, 0.2) is 29.2 Å². The Hall–Kier alpha value is -1.15. The van der Waals surface area contributed by atoms with Crippen LogP contribution in [-0.4, -0.2) is 45.8 Å². The lowest BCUT2D eigenvalue weighted by molar-refractivity contribution is 0.192. The molecule has 0 amide bonds. The molecule has 0 aliphatic heterocycles. The van der Waals surface area contributed by atoms with Gasteiger partial charge >= 0.3 is 0 Å². The summed E-state index contributed by atoms with van der Waals surface area (Å²) in [5.74, 6) is 0. The van der Waals surface area contributed by atoms with Crippen molar-refractivity contribution in [3.8, 4) is 0 Å². The standard InChI is InChI=1S/C13H23N3O3S/c1-3-16-20(18,19)13-7-5-4-6-12(13)15-9-8-14-10-11(2)17/h4-7,11,14-17H,3,8-10H2,1-2H3. The third-order valence-corrected chi connectivity index (χ3v) is 4.17. The van der Waals surface area contributed by atoms with Crippen molar-refractivity contribution in [2.24, 2.45) is 0 Å². The van der Waals surface area contributed by atoms with E-state index in [1.54, 1.807) is 38.1 Å². The van der Waals surface area contributed by atoms with Crippen LogP contribution in [0.1, 0.15) is 13.8 Å². The second-order valence-electron chi connectivity index (χ2n) is 4.48. The quantitative estimate of drug-likeness (QED) is 0.495. The minimum absolute atomic E-state index is 0.248. The Morgan fingerprint density at radius 3 is 2.60 bits per heavy atom. The van der Waals surface area contributed by atoms with Gasteiger partial charge in [0.15, 0.2) is 0 Å². The maximum Gasteiger partial charge on any atom is 0.242 e. The summed E-state index contributed by atoms with van der Waals surface area (Å²) in [5, 5.41) is 15.3. The molecule has 0 saturated heterocycles. The van der Waals surface area contributed by atoms with Crippen molar-refractivity contribution in [3.63, 3.8) is 0 Å². The van der Waals surface area contributed by atoms with Gasteiger partial charge in [-0.05, 0) is 19.1 Å². The lowest BCUT2D eigenvalue weighted by Crippen LogP contribution is -2.29. The van der Waals surface area contributed by atoms with Gasteiger partial charge in [0, 0.05) is 26.2 Å². The minimum atomic E-state index is -3.47.